The van der Waals surface area contributed by atoms with Gasteiger partial charge in [0.15, 0.2) is 16.6 Å². The molecular formula is C24H36N6O3S. The van der Waals surface area contributed by atoms with Crippen LogP contribution in [0.15, 0.2) is 30.7 Å². The Morgan fingerprint density at radius 2 is 2.09 bits per heavy atom. The van der Waals surface area contributed by atoms with Gasteiger partial charge in [-0.15, -0.1) is 0 Å². The monoisotopic (exact) mass is 488 g/mol. The largest absolute Gasteiger partial charge is 0.493 e. The van der Waals surface area contributed by atoms with Gasteiger partial charge >= 0.3 is 0 Å². The Morgan fingerprint density at radius 1 is 1.26 bits per heavy atom. The number of imidazole rings is 1. The van der Waals surface area contributed by atoms with E-state index >= 15 is 0 Å². The van der Waals surface area contributed by atoms with Gasteiger partial charge < -0.3 is 35.3 Å². The van der Waals surface area contributed by atoms with Gasteiger partial charge in [0.2, 0.25) is 5.91 Å². The molecule has 0 atom stereocenters. The number of aromatic nitrogens is 2. The SMILES string of the molecule is COc1cc(NC(=S)NCCCn2cncc2C)ccc1OCCCC(=O)NC1CCNCC1. The van der Waals surface area contributed by atoms with Crippen molar-refractivity contribution in [2.75, 3.05) is 38.7 Å². The maximum absolute atomic E-state index is 12.1. The molecule has 0 aliphatic carbocycles. The molecule has 1 fully saturated rings. The number of rotatable bonds is 12. The van der Waals surface area contributed by atoms with Crippen LogP contribution >= 0.6 is 12.2 Å². The molecule has 4 N–H and O–H groups in total. The molecule has 1 aliphatic rings. The van der Waals surface area contributed by atoms with Gasteiger partial charge in [-0.2, -0.15) is 0 Å². The lowest BCUT2D eigenvalue weighted by Crippen LogP contribution is -2.42. The molecular weight excluding hydrogens is 452 g/mol. The fourth-order valence-electron chi connectivity index (χ4n) is 3.79. The van der Waals surface area contributed by atoms with Crippen LogP contribution in [0.3, 0.4) is 0 Å². The van der Waals surface area contributed by atoms with Crippen molar-refractivity contribution in [2.45, 2.75) is 51.6 Å². The standard InChI is InChI=1S/C24H36N6O3S/c1-18-16-26-17-30(18)13-4-10-27-24(34)29-20-6-7-21(22(15-20)32-2)33-14-3-5-23(31)28-19-8-11-25-12-9-19/h6-7,15-17,19,25H,3-5,8-14H2,1-2H3,(H,28,31)(H2,27,29,34). The lowest BCUT2D eigenvalue weighted by molar-refractivity contribution is -0.122. The van der Waals surface area contributed by atoms with Crippen LogP contribution in [0.4, 0.5) is 5.69 Å². The zero-order valence-electron chi connectivity index (χ0n) is 20.1. The van der Waals surface area contributed by atoms with Crippen LogP contribution in [0.1, 0.15) is 37.8 Å². The van der Waals surface area contributed by atoms with Crippen LogP contribution in [0, 0.1) is 6.92 Å². The topological polar surface area (TPSA) is 101 Å². The average molecular weight is 489 g/mol. The van der Waals surface area contributed by atoms with Crippen molar-refractivity contribution in [3.05, 3.63) is 36.4 Å². The van der Waals surface area contributed by atoms with Gasteiger partial charge in [0, 0.05) is 49.2 Å². The minimum absolute atomic E-state index is 0.0863. The number of anilines is 1. The quantitative estimate of drug-likeness (QED) is 0.267. The second-order valence-electron chi connectivity index (χ2n) is 8.37. The summed E-state index contributed by atoms with van der Waals surface area (Å²) in [5.41, 5.74) is 1.96. The van der Waals surface area contributed by atoms with E-state index in [0.717, 1.165) is 56.8 Å². The van der Waals surface area contributed by atoms with Crippen molar-refractivity contribution in [3.8, 4) is 11.5 Å². The first-order valence-corrected chi connectivity index (χ1v) is 12.3. The van der Waals surface area contributed by atoms with Crippen LogP contribution in [0.2, 0.25) is 0 Å². The fourth-order valence-corrected chi connectivity index (χ4v) is 4.01. The summed E-state index contributed by atoms with van der Waals surface area (Å²) in [4.78, 5) is 16.2. The van der Waals surface area contributed by atoms with E-state index in [1.54, 1.807) is 7.11 Å². The number of nitrogens with zero attached hydrogens (tertiary/aromatic N) is 2. The highest BCUT2D eigenvalue weighted by molar-refractivity contribution is 7.80. The number of amides is 1. The minimum Gasteiger partial charge on any atom is -0.493 e. The molecule has 1 aliphatic heterocycles. The van der Waals surface area contributed by atoms with Gasteiger partial charge in [-0.05, 0) is 70.0 Å². The third-order valence-corrected chi connectivity index (χ3v) is 5.96. The molecule has 1 saturated heterocycles. The molecule has 34 heavy (non-hydrogen) atoms. The molecule has 10 heteroatoms. The van der Waals surface area contributed by atoms with E-state index in [1.165, 1.54) is 0 Å². The zero-order chi connectivity index (χ0) is 24.2. The Bertz CT molecular complexity index is 929. The summed E-state index contributed by atoms with van der Waals surface area (Å²) in [7, 11) is 1.60. The summed E-state index contributed by atoms with van der Waals surface area (Å²) in [6.07, 6.45) is 7.71. The highest BCUT2D eigenvalue weighted by atomic mass is 32.1. The first kappa shape index (κ1) is 25.8. The number of piperidine rings is 1. The fraction of sp³-hybridized carbons (Fsp3) is 0.542. The van der Waals surface area contributed by atoms with Crippen molar-refractivity contribution in [1.29, 1.82) is 0 Å². The van der Waals surface area contributed by atoms with Crippen LogP contribution in [0.5, 0.6) is 11.5 Å². The third kappa shape index (κ3) is 8.49. The first-order valence-electron chi connectivity index (χ1n) is 11.9. The van der Waals surface area contributed by atoms with E-state index in [-0.39, 0.29) is 11.9 Å². The third-order valence-electron chi connectivity index (χ3n) is 5.71. The summed E-state index contributed by atoms with van der Waals surface area (Å²) in [6, 6.07) is 5.88. The van der Waals surface area contributed by atoms with Gasteiger partial charge in [-0.1, -0.05) is 0 Å². The van der Waals surface area contributed by atoms with E-state index in [2.05, 4.69) is 30.8 Å². The Kier molecular flexibility index (Phi) is 10.4. The van der Waals surface area contributed by atoms with Crippen molar-refractivity contribution < 1.29 is 14.3 Å². The number of ether oxygens (including phenoxy) is 2. The molecule has 1 amide bonds. The smallest absolute Gasteiger partial charge is 0.220 e. The van der Waals surface area contributed by atoms with Gasteiger partial charge in [0.05, 0.1) is 20.0 Å². The number of hydrogen-bond acceptors (Lipinski definition) is 6. The van der Waals surface area contributed by atoms with Crippen molar-refractivity contribution in [1.82, 2.24) is 25.5 Å². The van der Waals surface area contributed by atoms with Crippen LogP contribution in [0.25, 0.3) is 0 Å². The Morgan fingerprint density at radius 3 is 2.82 bits per heavy atom. The van der Waals surface area contributed by atoms with Crippen LogP contribution in [-0.4, -0.2) is 60.0 Å². The molecule has 1 aromatic carbocycles. The number of thiocarbonyl (C=S) groups is 1. The van der Waals surface area contributed by atoms with Crippen LogP contribution in [-0.2, 0) is 11.3 Å². The number of benzene rings is 1. The van der Waals surface area contributed by atoms with Gasteiger partial charge in [-0.25, -0.2) is 4.98 Å². The minimum atomic E-state index is 0.0863. The summed E-state index contributed by atoms with van der Waals surface area (Å²) < 4.78 is 13.4. The summed E-state index contributed by atoms with van der Waals surface area (Å²) in [5.74, 6) is 1.34. The molecule has 2 aromatic rings. The maximum Gasteiger partial charge on any atom is 0.220 e. The molecule has 0 radical (unpaired) electrons. The lowest BCUT2D eigenvalue weighted by Gasteiger charge is -2.23. The number of carbonyl (C=O) groups is 1. The molecule has 1 aromatic heterocycles. The molecule has 3 rings (SSSR count). The molecule has 0 spiro atoms. The van der Waals surface area contributed by atoms with Gasteiger partial charge in [0.25, 0.3) is 0 Å². The summed E-state index contributed by atoms with van der Waals surface area (Å²) in [5, 5.41) is 13.4. The van der Waals surface area contributed by atoms with Crippen molar-refractivity contribution >= 4 is 28.9 Å². The molecule has 0 unspecified atom stereocenters. The molecule has 0 saturated carbocycles. The van der Waals surface area contributed by atoms with E-state index in [0.29, 0.717) is 36.1 Å². The van der Waals surface area contributed by atoms with Crippen molar-refractivity contribution in [3.63, 3.8) is 0 Å². The van der Waals surface area contributed by atoms with E-state index in [1.807, 2.05) is 37.6 Å². The second-order valence-corrected chi connectivity index (χ2v) is 8.78. The molecule has 0 bridgehead atoms. The maximum atomic E-state index is 12.1. The Labute approximate surface area is 207 Å². The van der Waals surface area contributed by atoms with Gasteiger partial charge in [0.1, 0.15) is 0 Å². The Balaban J connectivity index is 1.35. The second kappa shape index (κ2) is 13.8. The van der Waals surface area contributed by atoms with E-state index < -0.39 is 0 Å². The molecule has 186 valence electrons. The molecule has 9 nitrogen and oxygen atoms in total. The highest BCUT2D eigenvalue weighted by Crippen LogP contribution is 2.30. The predicted molar refractivity (Wildman–Crippen MR) is 138 cm³/mol. The zero-order valence-corrected chi connectivity index (χ0v) is 20.9. The number of hydrogen-bond donors (Lipinski definition) is 4. The van der Waals surface area contributed by atoms with E-state index in [9.17, 15) is 4.79 Å². The molecule has 2 heterocycles. The average Bonchev–Trinajstić information content (AvgIpc) is 3.25. The van der Waals surface area contributed by atoms with E-state index in [4.69, 9.17) is 21.7 Å². The number of nitrogens with one attached hydrogen (secondary N) is 4. The predicted octanol–water partition coefficient (Wildman–Crippen LogP) is 2.60. The van der Waals surface area contributed by atoms with Crippen molar-refractivity contribution in [2.24, 2.45) is 0 Å². The Hall–Kier alpha value is -2.85. The van der Waals surface area contributed by atoms with Crippen LogP contribution < -0.4 is 30.7 Å². The number of carbonyl (C=O) groups excluding carboxylic acids is 1. The number of methoxy groups -OCH3 is 1. The summed E-state index contributed by atoms with van der Waals surface area (Å²) in [6.45, 7) is 6.06. The summed E-state index contributed by atoms with van der Waals surface area (Å²) >= 11 is 5.40. The van der Waals surface area contributed by atoms with Gasteiger partial charge in [-0.3, -0.25) is 4.79 Å². The highest BCUT2D eigenvalue weighted by Gasteiger charge is 2.15. The normalized spacial score (nSPS) is 13.8. The lowest BCUT2D eigenvalue weighted by atomic mass is 10.1. The number of aryl methyl sites for hydroxylation is 2. The first-order chi connectivity index (χ1) is 16.5.